The van der Waals surface area contributed by atoms with E-state index in [0.29, 0.717) is 23.6 Å². The van der Waals surface area contributed by atoms with Gasteiger partial charge in [-0.15, -0.1) is 0 Å². The second kappa shape index (κ2) is 10.5. The van der Waals surface area contributed by atoms with Gasteiger partial charge in [-0.05, 0) is 61.2 Å². The molecule has 2 amide bonds. The summed E-state index contributed by atoms with van der Waals surface area (Å²) < 4.78 is 5.57. The zero-order chi connectivity index (χ0) is 24.2. The summed E-state index contributed by atoms with van der Waals surface area (Å²) in [7, 11) is 0. The summed E-state index contributed by atoms with van der Waals surface area (Å²) in [5, 5.41) is 2.95. The zero-order valence-corrected chi connectivity index (χ0v) is 20.5. The Morgan fingerprint density at radius 2 is 1.94 bits per heavy atom. The maximum atomic E-state index is 13.5. The molecule has 35 heavy (non-hydrogen) atoms. The number of nitrogens with one attached hydrogen (secondary N) is 1. The maximum Gasteiger partial charge on any atom is 0.265 e. The van der Waals surface area contributed by atoms with Gasteiger partial charge in [0.25, 0.3) is 11.8 Å². The zero-order valence-electron chi connectivity index (χ0n) is 19.7. The van der Waals surface area contributed by atoms with Crippen LogP contribution in [-0.4, -0.2) is 31.1 Å². The van der Waals surface area contributed by atoms with Gasteiger partial charge in [-0.3, -0.25) is 9.59 Å². The van der Waals surface area contributed by atoms with Crippen molar-refractivity contribution in [1.82, 2.24) is 5.32 Å². The lowest BCUT2D eigenvalue weighted by Gasteiger charge is -2.30. The minimum absolute atomic E-state index is 0.0198. The number of hydrogen-bond acceptors (Lipinski definition) is 4. The average Bonchev–Trinajstić information content (AvgIpc) is 3.39. The van der Waals surface area contributed by atoms with Crippen LogP contribution in [0.2, 0.25) is 0 Å². The van der Waals surface area contributed by atoms with Gasteiger partial charge in [0.1, 0.15) is 0 Å². The van der Waals surface area contributed by atoms with Crippen LogP contribution < -0.4 is 10.2 Å². The maximum absolute atomic E-state index is 13.5. The highest BCUT2D eigenvalue weighted by Crippen LogP contribution is 2.42. The molecule has 1 saturated heterocycles. The van der Waals surface area contributed by atoms with Crippen molar-refractivity contribution in [3.05, 3.63) is 100.0 Å². The van der Waals surface area contributed by atoms with Crippen LogP contribution in [0.25, 0.3) is 6.08 Å². The Kier molecular flexibility index (Phi) is 7.02. The molecule has 0 spiro atoms. The quantitative estimate of drug-likeness (QED) is 0.464. The molecule has 1 fully saturated rings. The third-order valence-corrected chi connectivity index (χ3v) is 7.32. The van der Waals surface area contributed by atoms with E-state index >= 15 is 0 Å². The first-order chi connectivity index (χ1) is 17.1. The number of carbonyl (C=O) groups is 2. The molecule has 1 N–H and O–H groups in total. The first-order valence-corrected chi connectivity index (χ1v) is 12.7. The molecule has 1 atom stereocenters. The summed E-state index contributed by atoms with van der Waals surface area (Å²) in [4.78, 5) is 29.6. The Balaban J connectivity index is 1.34. The lowest BCUT2D eigenvalue weighted by Crippen LogP contribution is -2.33. The Labute approximate surface area is 210 Å². The van der Waals surface area contributed by atoms with Crippen molar-refractivity contribution in [3.8, 4) is 0 Å². The molecule has 3 aromatic carbocycles. The van der Waals surface area contributed by atoms with Crippen LogP contribution in [0.3, 0.4) is 0 Å². The summed E-state index contributed by atoms with van der Waals surface area (Å²) in [6.07, 6.45) is 4.05. The smallest absolute Gasteiger partial charge is 0.265 e. The summed E-state index contributed by atoms with van der Waals surface area (Å²) in [5.41, 5.74) is 4.67. The Morgan fingerprint density at radius 1 is 1.11 bits per heavy atom. The van der Waals surface area contributed by atoms with Gasteiger partial charge in [-0.2, -0.15) is 0 Å². The van der Waals surface area contributed by atoms with Gasteiger partial charge in [0.15, 0.2) is 0 Å². The molecule has 2 aliphatic rings. The van der Waals surface area contributed by atoms with Gasteiger partial charge in [0.2, 0.25) is 0 Å². The van der Waals surface area contributed by atoms with E-state index in [1.165, 1.54) is 17.3 Å². The normalized spacial score (nSPS) is 18.5. The highest BCUT2D eigenvalue weighted by molar-refractivity contribution is 8.04. The third-order valence-electron chi connectivity index (χ3n) is 6.24. The highest BCUT2D eigenvalue weighted by Gasteiger charge is 2.29. The highest BCUT2D eigenvalue weighted by atomic mass is 32.2. The van der Waals surface area contributed by atoms with Crippen LogP contribution in [0.4, 0.5) is 5.69 Å². The molecule has 6 heteroatoms. The second-order valence-corrected chi connectivity index (χ2v) is 10.0. The predicted molar refractivity (Wildman–Crippen MR) is 140 cm³/mol. The molecule has 0 aliphatic carbocycles. The number of thioether (sulfide) groups is 1. The van der Waals surface area contributed by atoms with Crippen LogP contribution in [0, 0.1) is 6.92 Å². The van der Waals surface area contributed by atoms with E-state index in [-0.39, 0.29) is 17.9 Å². The fourth-order valence-electron chi connectivity index (χ4n) is 4.41. The van der Waals surface area contributed by atoms with Crippen LogP contribution in [0.5, 0.6) is 0 Å². The Hall–Kier alpha value is -3.35. The fourth-order valence-corrected chi connectivity index (χ4v) is 5.47. The number of amides is 2. The number of fused-ring (bicyclic) bond motifs is 1. The lowest BCUT2D eigenvalue weighted by molar-refractivity contribution is -0.114. The summed E-state index contributed by atoms with van der Waals surface area (Å²) >= 11 is 1.49. The minimum Gasteiger partial charge on any atom is -0.376 e. The summed E-state index contributed by atoms with van der Waals surface area (Å²) in [6, 6.07) is 23.6. The van der Waals surface area contributed by atoms with E-state index < -0.39 is 0 Å². The first kappa shape index (κ1) is 23.4. The fraction of sp³-hybridized carbons (Fsp3) is 0.241. The number of nitrogens with zero attached hydrogens (tertiary/aromatic N) is 1. The predicted octanol–water partition coefficient (Wildman–Crippen LogP) is 5.58. The lowest BCUT2D eigenvalue weighted by atomic mass is 10.1. The van der Waals surface area contributed by atoms with Gasteiger partial charge in [0.05, 0.1) is 23.2 Å². The van der Waals surface area contributed by atoms with Gasteiger partial charge in [-0.1, -0.05) is 65.9 Å². The molecule has 3 aromatic rings. The Morgan fingerprint density at radius 3 is 2.71 bits per heavy atom. The number of carbonyl (C=O) groups excluding carboxylic acids is 2. The number of para-hydroxylation sites is 1. The topological polar surface area (TPSA) is 58.6 Å². The SMILES string of the molecule is Cc1cccc(CN2C(=O)/C(=C\c3ccc(C(=O)NCC4CCCO4)cc3)Sc3ccccc32)c1. The molecule has 5 nitrogen and oxygen atoms in total. The van der Waals surface area contributed by atoms with Crippen LogP contribution in [0.1, 0.15) is 39.9 Å². The molecule has 0 saturated carbocycles. The van der Waals surface area contributed by atoms with Crippen molar-refractivity contribution < 1.29 is 14.3 Å². The standard InChI is InChI=1S/C29H28N2O3S/c1-20-6-4-7-22(16-20)19-31-25-9-2-3-10-26(25)35-27(29(31)33)17-21-11-13-23(14-12-21)28(32)30-18-24-8-5-15-34-24/h2-4,6-7,9-14,16-17,24H,5,8,15,18-19H2,1H3,(H,30,32)/b27-17+. The minimum atomic E-state index is -0.110. The van der Waals surface area contributed by atoms with Crippen molar-refractivity contribution >= 4 is 35.3 Å². The number of rotatable bonds is 6. The van der Waals surface area contributed by atoms with Crippen molar-refractivity contribution in [2.75, 3.05) is 18.1 Å². The van der Waals surface area contributed by atoms with E-state index in [9.17, 15) is 9.59 Å². The summed E-state index contributed by atoms with van der Waals surface area (Å²) in [6.45, 7) is 3.88. The van der Waals surface area contributed by atoms with E-state index in [1.807, 2.05) is 53.4 Å². The van der Waals surface area contributed by atoms with Crippen LogP contribution >= 0.6 is 11.8 Å². The van der Waals surface area contributed by atoms with Gasteiger partial charge < -0.3 is 15.0 Å². The average molecular weight is 485 g/mol. The molecule has 1 unspecified atom stereocenters. The number of benzene rings is 3. The van der Waals surface area contributed by atoms with Gasteiger partial charge >= 0.3 is 0 Å². The van der Waals surface area contributed by atoms with E-state index in [0.717, 1.165) is 41.2 Å². The first-order valence-electron chi connectivity index (χ1n) is 11.9. The molecular weight excluding hydrogens is 456 g/mol. The van der Waals surface area contributed by atoms with E-state index in [4.69, 9.17) is 4.74 Å². The molecule has 2 aliphatic heterocycles. The van der Waals surface area contributed by atoms with Crippen LogP contribution in [0.15, 0.2) is 82.6 Å². The number of hydrogen-bond donors (Lipinski definition) is 1. The van der Waals surface area contributed by atoms with Crippen molar-refractivity contribution in [3.63, 3.8) is 0 Å². The molecule has 0 bridgehead atoms. The number of aryl methyl sites for hydroxylation is 1. The molecule has 178 valence electrons. The molecule has 2 heterocycles. The Bertz CT molecular complexity index is 1260. The van der Waals surface area contributed by atoms with Crippen molar-refractivity contribution in [1.29, 1.82) is 0 Å². The van der Waals surface area contributed by atoms with Crippen molar-refractivity contribution in [2.45, 2.75) is 37.3 Å². The van der Waals surface area contributed by atoms with E-state index in [2.05, 4.69) is 30.4 Å². The summed E-state index contributed by atoms with van der Waals surface area (Å²) in [5.74, 6) is -0.130. The molecule has 5 rings (SSSR count). The van der Waals surface area contributed by atoms with Gasteiger partial charge in [0, 0.05) is 23.6 Å². The molecule has 0 radical (unpaired) electrons. The molecule has 0 aromatic heterocycles. The monoisotopic (exact) mass is 484 g/mol. The van der Waals surface area contributed by atoms with E-state index in [1.54, 1.807) is 12.1 Å². The number of ether oxygens (including phenoxy) is 1. The number of anilines is 1. The van der Waals surface area contributed by atoms with Crippen molar-refractivity contribution in [2.24, 2.45) is 0 Å². The molecular formula is C29H28N2O3S. The van der Waals surface area contributed by atoms with Gasteiger partial charge in [-0.25, -0.2) is 0 Å². The third kappa shape index (κ3) is 5.50. The van der Waals surface area contributed by atoms with Crippen LogP contribution in [-0.2, 0) is 16.1 Å². The second-order valence-electron chi connectivity index (χ2n) is 8.93. The largest absolute Gasteiger partial charge is 0.376 e.